The summed E-state index contributed by atoms with van der Waals surface area (Å²) >= 11 is 0. The van der Waals surface area contributed by atoms with Crippen molar-refractivity contribution in [1.82, 2.24) is 4.90 Å². The molecule has 1 heterocycles. The van der Waals surface area contributed by atoms with Crippen molar-refractivity contribution in [3.63, 3.8) is 0 Å². The maximum absolute atomic E-state index is 11.4. The number of morpholine rings is 1. The van der Waals surface area contributed by atoms with Gasteiger partial charge >= 0.3 is 5.91 Å². The Morgan fingerprint density at radius 2 is 2.17 bits per heavy atom. The average Bonchev–Trinajstić information content (AvgIpc) is 2.17. The fourth-order valence-electron chi connectivity index (χ4n) is 1.10. The Bertz CT molecular complexity index is 204. The lowest BCUT2D eigenvalue weighted by Crippen LogP contribution is -2.44. The van der Waals surface area contributed by atoms with Gasteiger partial charge in [-0.1, -0.05) is 0 Å². The minimum atomic E-state index is -0.539. The zero-order valence-corrected chi connectivity index (χ0v) is 7.12. The quantitative estimate of drug-likeness (QED) is 0.522. The van der Waals surface area contributed by atoms with E-state index in [0.29, 0.717) is 26.3 Å². The van der Waals surface area contributed by atoms with Crippen molar-refractivity contribution in [2.24, 2.45) is 0 Å². The molecule has 0 aromatic carbocycles. The second-order valence-electron chi connectivity index (χ2n) is 2.74. The summed E-state index contributed by atoms with van der Waals surface area (Å²) in [5.41, 5.74) is 0. The zero-order valence-electron chi connectivity index (χ0n) is 7.12. The lowest BCUT2D eigenvalue weighted by atomic mass is 10.3. The Kier molecular flexibility index (Phi) is 3.06. The zero-order chi connectivity index (χ0) is 8.97. The van der Waals surface area contributed by atoms with E-state index in [2.05, 4.69) is 4.85 Å². The van der Waals surface area contributed by atoms with Crippen LogP contribution in [0.4, 0.5) is 0 Å². The van der Waals surface area contributed by atoms with Crippen LogP contribution in [0.1, 0.15) is 6.92 Å². The summed E-state index contributed by atoms with van der Waals surface area (Å²) in [4.78, 5) is 16.3. The number of carbonyl (C=O) groups excluding carboxylic acids is 1. The van der Waals surface area contributed by atoms with E-state index in [1.54, 1.807) is 11.8 Å². The number of rotatable bonds is 1. The minimum Gasteiger partial charge on any atom is -0.378 e. The fourth-order valence-corrected chi connectivity index (χ4v) is 1.10. The highest BCUT2D eigenvalue weighted by Gasteiger charge is 2.25. The molecule has 4 heteroatoms. The van der Waals surface area contributed by atoms with Gasteiger partial charge in [-0.25, -0.2) is 6.57 Å². The Balaban J connectivity index is 2.46. The van der Waals surface area contributed by atoms with E-state index in [0.717, 1.165) is 0 Å². The van der Waals surface area contributed by atoms with Gasteiger partial charge in [-0.05, 0) is 0 Å². The number of hydrogen-bond donors (Lipinski definition) is 0. The van der Waals surface area contributed by atoms with Crippen LogP contribution < -0.4 is 0 Å². The average molecular weight is 168 g/mol. The predicted octanol–water partition coefficient (Wildman–Crippen LogP) is 0.153. The molecule has 4 nitrogen and oxygen atoms in total. The molecule has 1 aliphatic rings. The first-order valence-electron chi connectivity index (χ1n) is 3.99. The van der Waals surface area contributed by atoms with Crippen molar-refractivity contribution in [1.29, 1.82) is 0 Å². The first-order chi connectivity index (χ1) is 5.75. The Morgan fingerprint density at radius 3 is 2.67 bits per heavy atom. The Morgan fingerprint density at radius 1 is 1.58 bits per heavy atom. The highest BCUT2D eigenvalue weighted by Crippen LogP contribution is 2.02. The monoisotopic (exact) mass is 168 g/mol. The van der Waals surface area contributed by atoms with Gasteiger partial charge in [-0.15, -0.1) is 0 Å². The Hall–Kier alpha value is -1.08. The minimum absolute atomic E-state index is 0.0756. The van der Waals surface area contributed by atoms with E-state index < -0.39 is 6.04 Å². The molecule has 0 aliphatic carbocycles. The maximum atomic E-state index is 11.4. The summed E-state index contributed by atoms with van der Waals surface area (Å²) in [6, 6.07) is -0.539. The van der Waals surface area contributed by atoms with Crippen LogP contribution in [0.5, 0.6) is 0 Å². The van der Waals surface area contributed by atoms with E-state index in [4.69, 9.17) is 11.3 Å². The first kappa shape index (κ1) is 9.01. The molecule has 1 atom stereocenters. The van der Waals surface area contributed by atoms with Crippen molar-refractivity contribution in [3.8, 4) is 0 Å². The second kappa shape index (κ2) is 4.07. The molecule has 0 N–H and O–H groups in total. The highest BCUT2D eigenvalue weighted by atomic mass is 16.5. The lowest BCUT2D eigenvalue weighted by Gasteiger charge is -2.26. The molecule has 0 spiro atoms. The predicted molar refractivity (Wildman–Crippen MR) is 43.5 cm³/mol. The van der Waals surface area contributed by atoms with Gasteiger partial charge in [0.1, 0.15) is 0 Å². The van der Waals surface area contributed by atoms with Crippen LogP contribution in [0.3, 0.4) is 0 Å². The van der Waals surface area contributed by atoms with Gasteiger partial charge in [0.2, 0.25) is 0 Å². The van der Waals surface area contributed by atoms with Gasteiger partial charge in [0, 0.05) is 20.0 Å². The number of carbonyl (C=O) groups is 1. The van der Waals surface area contributed by atoms with E-state index >= 15 is 0 Å². The maximum Gasteiger partial charge on any atom is 0.305 e. The molecule has 0 aromatic heterocycles. The molecule has 0 aromatic rings. The normalized spacial score (nSPS) is 19.8. The number of nitrogens with zero attached hydrogens (tertiary/aromatic N) is 2. The first-order valence-corrected chi connectivity index (χ1v) is 3.99. The van der Waals surface area contributed by atoms with Gasteiger partial charge in [0.05, 0.1) is 13.2 Å². The standard InChI is InChI=1S/C8H12N2O2/c1-7(9-2)8(11)10-3-5-12-6-4-10/h7H,3-6H2,1H3/t7-/m1/s1. The summed E-state index contributed by atoms with van der Waals surface area (Å²) in [6.45, 7) is 10.8. The van der Waals surface area contributed by atoms with Crippen LogP contribution in [0.25, 0.3) is 4.85 Å². The van der Waals surface area contributed by atoms with Crippen molar-refractivity contribution in [2.75, 3.05) is 26.3 Å². The summed E-state index contributed by atoms with van der Waals surface area (Å²) in [7, 11) is 0. The molecule has 1 aliphatic heterocycles. The van der Waals surface area contributed by atoms with E-state index in [1.807, 2.05) is 0 Å². The molecule has 0 bridgehead atoms. The summed E-state index contributed by atoms with van der Waals surface area (Å²) in [5.74, 6) is -0.0756. The molecular formula is C8H12N2O2. The van der Waals surface area contributed by atoms with Crippen LogP contribution in [-0.2, 0) is 9.53 Å². The third-order valence-electron chi connectivity index (χ3n) is 1.87. The molecule has 1 rings (SSSR count). The molecule has 1 saturated heterocycles. The van der Waals surface area contributed by atoms with Gasteiger partial charge in [-0.3, -0.25) is 4.79 Å². The number of ether oxygens (including phenoxy) is 1. The number of amides is 1. The van der Waals surface area contributed by atoms with E-state index in [-0.39, 0.29) is 5.91 Å². The molecule has 66 valence electrons. The van der Waals surface area contributed by atoms with E-state index in [9.17, 15) is 4.79 Å². The van der Waals surface area contributed by atoms with Gasteiger partial charge in [0.15, 0.2) is 0 Å². The summed E-state index contributed by atoms with van der Waals surface area (Å²) < 4.78 is 5.09. The second-order valence-corrected chi connectivity index (χ2v) is 2.74. The molecular weight excluding hydrogens is 156 g/mol. The largest absolute Gasteiger partial charge is 0.378 e. The van der Waals surface area contributed by atoms with Crippen LogP contribution >= 0.6 is 0 Å². The summed E-state index contributed by atoms with van der Waals surface area (Å²) in [6.07, 6.45) is 0. The summed E-state index contributed by atoms with van der Waals surface area (Å²) in [5, 5.41) is 0. The topological polar surface area (TPSA) is 33.9 Å². The molecule has 1 fully saturated rings. The van der Waals surface area contributed by atoms with E-state index in [1.165, 1.54) is 0 Å². The molecule has 12 heavy (non-hydrogen) atoms. The number of hydrogen-bond acceptors (Lipinski definition) is 2. The Labute approximate surface area is 71.9 Å². The highest BCUT2D eigenvalue weighted by molar-refractivity contribution is 5.83. The van der Waals surface area contributed by atoms with Crippen molar-refractivity contribution in [2.45, 2.75) is 13.0 Å². The van der Waals surface area contributed by atoms with Crippen LogP contribution in [0.15, 0.2) is 0 Å². The fraction of sp³-hybridized carbons (Fsp3) is 0.750. The van der Waals surface area contributed by atoms with Gasteiger partial charge in [-0.2, -0.15) is 0 Å². The lowest BCUT2D eigenvalue weighted by molar-refractivity contribution is -0.135. The molecule has 0 saturated carbocycles. The van der Waals surface area contributed by atoms with Gasteiger partial charge < -0.3 is 14.5 Å². The van der Waals surface area contributed by atoms with Crippen molar-refractivity contribution in [3.05, 3.63) is 11.4 Å². The third kappa shape index (κ3) is 1.95. The smallest absolute Gasteiger partial charge is 0.305 e. The van der Waals surface area contributed by atoms with Crippen LogP contribution in [0.2, 0.25) is 0 Å². The van der Waals surface area contributed by atoms with Crippen LogP contribution in [-0.4, -0.2) is 43.2 Å². The van der Waals surface area contributed by atoms with Crippen molar-refractivity contribution < 1.29 is 9.53 Å². The molecule has 0 radical (unpaired) electrons. The van der Waals surface area contributed by atoms with Crippen molar-refractivity contribution >= 4 is 5.91 Å². The molecule has 0 unspecified atom stereocenters. The van der Waals surface area contributed by atoms with Gasteiger partial charge in [0.25, 0.3) is 6.04 Å². The third-order valence-corrected chi connectivity index (χ3v) is 1.87. The van der Waals surface area contributed by atoms with Crippen LogP contribution in [0, 0.1) is 6.57 Å². The molecule has 1 amide bonds. The SMILES string of the molecule is [C-]#[N+][C@H](C)C(=O)N1CCOCC1.